The number of hydrogen-bond donors (Lipinski definition) is 1. The largest absolute Gasteiger partial charge is 0.335 e. The zero-order chi connectivity index (χ0) is 19.6. The lowest BCUT2D eigenvalue weighted by atomic mass is 10.1. The Hall–Kier alpha value is -3.21. The Morgan fingerprint density at radius 2 is 1.63 bits per heavy atom. The maximum absolute atomic E-state index is 13.3. The van der Waals surface area contributed by atoms with Gasteiger partial charge in [0, 0.05) is 22.6 Å². The van der Waals surface area contributed by atoms with Crippen LogP contribution in [0.15, 0.2) is 54.6 Å². The summed E-state index contributed by atoms with van der Waals surface area (Å²) < 4.78 is 15.1. The van der Waals surface area contributed by atoms with Crippen molar-refractivity contribution >= 4 is 17.4 Å². The molecule has 0 spiro atoms. The number of Topliss-reactive ketones (excluding diaryl/α,β-unsaturated/α-hetero) is 1. The minimum Gasteiger partial charge on any atom is -0.335 e. The Labute approximate surface area is 157 Å². The van der Waals surface area contributed by atoms with E-state index in [9.17, 15) is 14.0 Å². The standard InChI is InChI=1S/C22H21FN2O2/c1-14-4-10-19(11-5-14)24-22(27)13-25-15(2)20(16(3)26)12-21(25)17-6-8-18(23)9-7-17/h4-12H,13H2,1-3H3,(H,24,27). The van der Waals surface area contributed by atoms with E-state index in [0.717, 1.165) is 11.1 Å². The van der Waals surface area contributed by atoms with E-state index in [0.29, 0.717) is 22.6 Å². The van der Waals surface area contributed by atoms with Crippen LogP contribution in [0.2, 0.25) is 0 Å². The Kier molecular flexibility index (Phi) is 5.21. The van der Waals surface area contributed by atoms with Crippen molar-refractivity contribution in [1.82, 2.24) is 4.57 Å². The highest BCUT2D eigenvalue weighted by molar-refractivity contribution is 5.97. The van der Waals surface area contributed by atoms with Crippen molar-refractivity contribution < 1.29 is 14.0 Å². The Bertz CT molecular complexity index is 986. The second-order valence-electron chi connectivity index (χ2n) is 6.59. The van der Waals surface area contributed by atoms with Crippen molar-refractivity contribution in [3.63, 3.8) is 0 Å². The van der Waals surface area contributed by atoms with E-state index in [-0.39, 0.29) is 24.1 Å². The van der Waals surface area contributed by atoms with Crippen molar-refractivity contribution in [2.45, 2.75) is 27.3 Å². The third-order valence-electron chi connectivity index (χ3n) is 4.52. The van der Waals surface area contributed by atoms with Crippen LogP contribution in [0.5, 0.6) is 0 Å². The molecule has 0 atom stereocenters. The molecule has 0 radical (unpaired) electrons. The quantitative estimate of drug-likeness (QED) is 0.664. The molecule has 0 bridgehead atoms. The van der Waals surface area contributed by atoms with E-state index in [1.807, 2.05) is 38.1 Å². The van der Waals surface area contributed by atoms with Crippen molar-refractivity contribution in [2.24, 2.45) is 0 Å². The molecule has 0 aliphatic heterocycles. The van der Waals surface area contributed by atoms with Gasteiger partial charge in [0.15, 0.2) is 5.78 Å². The molecule has 0 aliphatic rings. The first kappa shape index (κ1) is 18.6. The van der Waals surface area contributed by atoms with E-state index < -0.39 is 0 Å². The predicted octanol–water partition coefficient (Wildman–Crippen LogP) is 4.75. The highest BCUT2D eigenvalue weighted by Gasteiger charge is 2.18. The van der Waals surface area contributed by atoms with Gasteiger partial charge >= 0.3 is 0 Å². The Balaban J connectivity index is 1.93. The fourth-order valence-electron chi connectivity index (χ4n) is 3.05. The van der Waals surface area contributed by atoms with E-state index in [4.69, 9.17) is 0 Å². The molecule has 0 saturated heterocycles. The van der Waals surface area contributed by atoms with E-state index in [1.165, 1.54) is 19.1 Å². The minimum atomic E-state index is -0.336. The van der Waals surface area contributed by atoms with Gasteiger partial charge in [-0.1, -0.05) is 17.7 Å². The summed E-state index contributed by atoms with van der Waals surface area (Å²) in [4.78, 5) is 24.5. The summed E-state index contributed by atoms with van der Waals surface area (Å²) in [5.74, 6) is -0.609. The molecular weight excluding hydrogens is 343 g/mol. The number of anilines is 1. The number of rotatable bonds is 5. The second-order valence-corrected chi connectivity index (χ2v) is 6.59. The molecule has 4 nitrogen and oxygen atoms in total. The first-order valence-electron chi connectivity index (χ1n) is 8.68. The maximum Gasteiger partial charge on any atom is 0.244 e. The summed E-state index contributed by atoms with van der Waals surface area (Å²) in [7, 11) is 0. The number of carbonyl (C=O) groups excluding carboxylic acids is 2. The zero-order valence-corrected chi connectivity index (χ0v) is 15.5. The highest BCUT2D eigenvalue weighted by Crippen LogP contribution is 2.27. The Morgan fingerprint density at radius 1 is 1.00 bits per heavy atom. The number of aromatic nitrogens is 1. The van der Waals surface area contributed by atoms with Crippen LogP contribution in [0.25, 0.3) is 11.3 Å². The number of halogens is 1. The number of nitrogens with zero attached hydrogens (tertiary/aromatic N) is 1. The van der Waals surface area contributed by atoms with Crippen molar-refractivity contribution in [3.05, 3.63) is 77.2 Å². The molecule has 1 N–H and O–H groups in total. The summed E-state index contributed by atoms with van der Waals surface area (Å²) >= 11 is 0. The summed E-state index contributed by atoms with van der Waals surface area (Å²) in [5.41, 5.74) is 4.54. The van der Waals surface area contributed by atoms with Gasteiger partial charge in [-0.25, -0.2) is 4.39 Å². The van der Waals surface area contributed by atoms with Crippen LogP contribution >= 0.6 is 0 Å². The smallest absolute Gasteiger partial charge is 0.244 e. The molecule has 27 heavy (non-hydrogen) atoms. The Morgan fingerprint density at radius 3 is 2.22 bits per heavy atom. The predicted molar refractivity (Wildman–Crippen MR) is 104 cm³/mol. The van der Waals surface area contributed by atoms with E-state index >= 15 is 0 Å². The van der Waals surface area contributed by atoms with Crippen LogP contribution in [-0.2, 0) is 11.3 Å². The van der Waals surface area contributed by atoms with Gasteiger partial charge in [0.1, 0.15) is 12.4 Å². The molecule has 3 aromatic rings. The van der Waals surface area contributed by atoms with Crippen molar-refractivity contribution in [2.75, 3.05) is 5.32 Å². The molecule has 3 rings (SSSR count). The summed E-state index contributed by atoms with van der Waals surface area (Å²) in [6.45, 7) is 5.34. The van der Waals surface area contributed by atoms with Gasteiger partial charge in [-0.15, -0.1) is 0 Å². The average Bonchev–Trinajstić information content (AvgIpc) is 2.94. The maximum atomic E-state index is 13.3. The molecular formula is C22H21FN2O2. The lowest BCUT2D eigenvalue weighted by Gasteiger charge is -2.13. The molecule has 0 saturated carbocycles. The summed E-state index contributed by atoms with van der Waals surface area (Å²) in [5, 5.41) is 2.87. The number of aryl methyl sites for hydroxylation is 1. The van der Waals surface area contributed by atoms with Crippen molar-refractivity contribution in [1.29, 1.82) is 0 Å². The first-order valence-corrected chi connectivity index (χ1v) is 8.68. The highest BCUT2D eigenvalue weighted by atomic mass is 19.1. The van der Waals surface area contributed by atoms with Crippen LogP contribution in [0.3, 0.4) is 0 Å². The van der Waals surface area contributed by atoms with Gasteiger partial charge in [0.2, 0.25) is 5.91 Å². The molecule has 0 aliphatic carbocycles. The number of benzene rings is 2. The molecule has 0 fully saturated rings. The molecule has 1 amide bonds. The van der Waals surface area contributed by atoms with Crippen molar-refractivity contribution in [3.8, 4) is 11.3 Å². The van der Waals surface area contributed by atoms with Gasteiger partial charge in [-0.2, -0.15) is 0 Å². The second kappa shape index (κ2) is 7.58. The molecule has 1 heterocycles. The lowest BCUT2D eigenvalue weighted by Crippen LogP contribution is -2.20. The SMILES string of the molecule is CC(=O)c1cc(-c2ccc(F)cc2)n(CC(=O)Nc2ccc(C)cc2)c1C. The number of nitrogens with one attached hydrogen (secondary N) is 1. The third kappa shape index (κ3) is 4.14. The van der Waals surface area contributed by atoms with Crippen LogP contribution in [0.4, 0.5) is 10.1 Å². The lowest BCUT2D eigenvalue weighted by molar-refractivity contribution is -0.116. The normalized spacial score (nSPS) is 10.7. The molecule has 1 aromatic heterocycles. The number of amides is 1. The molecule has 138 valence electrons. The van der Waals surface area contributed by atoms with E-state index in [1.54, 1.807) is 22.8 Å². The monoisotopic (exact) mass is 364 g/mol. The van der Waals surface area contributed by atoms with Gasteiger partial charge in [0.25, 0.3) is 0 Å². The minimum absolute atomic E-state index is 0.0553. The zero-order valence-electron chi connectivity index (χ0n) is 15.5. The van der Waals surface area contributed by atoms with Crippen LogP contribution in [-0.4, -0.2) is 16.3 Å². The molecule has 2 aromatic carbocycles. The topological polar surface area (TPSA) is 51.1 Å². The third-order valence-corrected chi connectivity index (χ3v) is 4.52. The van der Waals surface area contributed by atoms with Gasteiger partial charge in [-0.05, 0) is 68.8 Å². The van der Waals surface area contributed by atoms with Crippen LogP contribution in [0.1, 0.15) is 28.5 Å². The number of ketones is 1. The fraction of sp³-hybridized carbons (Fsp3) is 0.182. The van der Waals surface area contributed by atoms with Crippen LogP contribution in [0, 0.1) is 19.7 Å². The summed E-state index contributed by atoms with van der Waals surface area (Å²) in [6, 6.07) is 15.3. The van der Waals surface area contributed by atoms with Gasteiger partial charge < -0.3 is 9.88 Å². The average molecular weight is 364 g/mol. The first-order chi connectivity index (χ1) is 12.8. The number of carbonyl (C=O) groups is 2. The summed E-state index contributed by atoms with van der Waals surface area (Å²) in [6.07, 6.45) is 0. The van der Waals surface area contributed by atoms with E-state index in [2.05, 4.69) is 5.32 Å². The number of hydrogen-bond acceptors (Lipinski definition) is 2. The van der Waals surface area contributed by atoms with Crippen LogP contribution < -0.4 is 5.32 Å². The molecule has 0 unspecified atom stereocenters. The van der Waals surface area contributed by atoms with Gasteiger partial charge in [-0.3, -0.25) is 9.59 Å². The molecule has 5 heteroatoms. The fourth-order valence-corrected chi connectivity index (χ4v) is 3.05. The van der Waals surface area contributed by atoms with Gasteiger partial charge in [0.05, 0.1) is 0 Å².